The highest BCUT2D eigenvalue weighted by molar-refractivity contribution is 7.92. The summed E-state index contributed by atoms with van der Waals surface area (Å²) < 4.78 is 34.2. The highest BCUT2D eigenvalue weighted by atomic mass is 35.5. The number of amides is 1. The third-order valence-corrected chi connectivity index (χ3v) is 8.26. The molecular weight excluding hydrogens is 496 g/mol. The average molecular weight is 527 g/mol. The molecule has 1 heterocycles. The van der Waals surface area contributed by atoms with Crippen LogP contribution in [0.4, 0.5) is 11.4 Å². The van der Waals surface area contributed by atoms with Gasteiger partial charge in [-0.15, -0.1) is 0 Å². The number of nitrogens with one attached hydrogen (secondary N) is 1. The van der Waals surface area contributed by atoms with E-state index < -0.39 is 10.0 Å². The lowest BCUT2D eigenvalue weighted by atomic mass is 9.99. The van der Waals surface area contributed by atoms with Gasteiger partial charge in [-0.1, -0.05) is 37.1 Å². The van der Waals surface area contributed by atoms with Crippen LogP contribution < -0.4 is 14.4 Å². The molecule has 1 amide bonds. The Bertz CT molecular complexity index is 1370. The summed E-state index contributed by atoms with van der Waals surface area (Å²) in [5.41, 5.74) is 4.75. The monoisotopic (exact) mass is 526 g/mol. The maximum Gasteiger partial charge on any atom is 0.265 e. The number of nitrogens with zero attached hydrogens (tertiary/aromatic N) is 1. The molecule has 0 saturated heterocycles. The standard InChI is InChI=1S/C28H31ClN2O4S/c1-4-5-7-20-9-11-21(12-10-20)28(32)31-15-6-8-22-17-23(13-14-25(22)31)30-36(33,34)27-18-24(29)19(2)16-26(27)35-3/h9-14,16-18,30H,4-8,15H2,1-3H3. The fourth-order valence-corrected chi connectivity index (χ4v) is 5.89. The first-order valence-corrected chi connectivity index (χ1v) is 14.0. The number of fused-ring (bicyclic) bond motifs is 1. The lowest BCUT2D eigenvalue weighted by Crippen LogP contribution is -2.35. The summed E-state index contributed by atoms with van der Waals surface area (Å²) in [5, 5.41) is 0.342. The van der Waals surface area contributed by atoms with E-state index in [2.05, 4.69) is 11.6 Å². The number of carbonyl (C=O) groups is 1. The predicted molar refractivity (Wildman–Crippen MR) is 145 cm³/mol. The zero-order valence-electron chi connectivity index (χ0n) is 20.8. The van der Waals surface area contributed by atoms with Crippen molar-refractivity contribution in [3.05, 3.63) is 81.9 Å². The van der Waals surface area contributed by atoms with E-state index in [9.17, 15) is 13.2 Å². The molecule has 0 saturated carbocycles. The Balaban J connectivity index is 1.57. The van der Waals surface area contributed by atoms with Crippen molar-refractivity contribution < 1.29 is 17.9 Å². The number of methoxy groups -OCH3 is 1. The molecule has 3 aromatic carbocycles. The Morgan fingerprint density at radius 3 is 2.56 bits per heavy atom. The van der Waals surface area contributed by atoms with E-state index in [0.29, 0.717) is 22.8 Å². The number of ether oxygens (including phenoxy) is 1. The summed E-state index contributed by atoms with van der Waals surface area (Å²) in [4.78, 5) is 15.1. The van der Waals surface area contributed by atoms with Crippen LogP contribution in [-0.2, 0) is 22.9 Å². The van der Waals surface area contributed by atoms with Crippen LogP contribution in [0.3, 0.4) is 0 Å². The first-order chi connectivity index (χ1) is 17.2. The zero-order chi connectivity index (χ0) is 25.9. The third kappa shape index (κ3) is 5.52. The SMILES string of the molecule is CCCCc1ccc(C(=O)N2CCCc3cc(NS(=O)(=O)c4cc(Cl)c(C)cc4OC)ccc32)cc1. The molecule has 3 aromatic rings. The minimum absolute atomic E-state index is 0.0301. The van der Waals surface area contributed by atoms with E-state index in [1.54, 1.807) is 36.1 Å². The number of hydrogen-bond donors (Lipinski definition) is 1. The number of halogens is 1. The number of sulfonamides is 1. The van der Waals surface area contributed by atoms with Gasteiger partial charge in [0.1, 0.15) is 10.6 Å². The van der Waals surface area contributed by atoms with Crippen LogP contribution in [0.1, 0.15) is 53.2 Å². The van der Waals surface area contributed by atoms with Gasteiger partial charge in [0, 0.05) is 28.5 Å². The van der Waals surface area contributed by atoms with Crippen molar-refractivity contribution in [2.45, 2.75) is 50.8 Å². The van der Waals surface area contributed by atoms with Crippen molar-refractivity contribution in [3.8, 4) is 5.75 Å². The molecule has 0 bridgehead atoms. The minimum atomic E-state index is -3.95. The first-order valence-electron chi connectivity index (χ1n) is 12.1. The second kappa shape index (κ2) is 10.9. The Morgan fingerprint density at radius 2 is 1.86 bits per heavy atom. The van der Waals surface area contributed by atoms with Crippen molar-refractivity contribution in [2.24, 2.45) is 0 Å². The van der Waals surface area contributed by atoms with Crippen LogP contribution in [0, 0.1) is 6.92 Å². The van der Waals surface area contributed by atoms with E-state index in [0.717, 1.165) is 48.9 Å². The summed E-state index contributed by atoms with van der Waals surface area (Å²) in [6.45, 7) is 4.57. The normalized spacial score (nSPS) is 13.3. The van der Waals surface area contributed by atoms with Crippen LogP contribution >= 0.6 is 11.6 Å². The zero-order valence-corrected chi connectivity index (χ0v) is 22.4. The van der Waals surface area contributed by atoms with Crippen LogP contribution in [0.5, 0.6) is 5.75 Å². The Labute approximate surface area is 218 Å². The van der Waals surface area contributed by atoms with Gasteiger partial charge in [-0.05, 0) is 91.8 Å². The molecule has 8 heteroatoms. The molecule has 190 valence electrons. The second-order valence-electron chi connectivity index (χ2n) is 9.06. The molecule has 4 rings (SSSR count). The number of benzene rings is 3. The van der Waals surface area contributed by atoms with Gasteiger partial charge in [-0.25, -0.2) is 8.42 Å². The fraction of sp³-hybridized carbons (Fsp3) is 0.321. The van der Waals surface area contributed by atoms with Crippen molar-refractivity contribution in [1.29, 1.82) is 0 Å². The van der Waals surface area contributed by atoms with Gasteiger partial charge in [-0.2, -0.15) is 0 Å². The first kappa shape index (κ1) is 26.0. The Kier molecular flexibility index (Phi) is 7.91. The number of aryl methyl sites for hydroxylation is 3. The topological polar surface area (TPSA) is 75.7 Å². The quantitative estimate of drug-likeness (QED) is 0.369. The molecule has 1 aliphatic heterocycles. The maximum absolute atomic E-state index is 13.3. The molecule has 0 atom stereocenters. The molecule has 0 radical (unpaired) electrons. The molecule has 1 aliphatic rings. The summed E-state index contributed by atoms with van der Waals surface area (Å²) in [5.74, 6) is 0.171. The molecule has 6 nitrogen and oxygen atoms in total. The van der Waals surface area contributed by atoms with Gasteiger partial charge >= 0.3 is 0 Å². The third-order valence-electron chi connectivity index (χ3n) is 6.45. The summed E-state index contributed by atoms with van der Waals surface area (Å²) in [7, 11) is -2.52. The molecule has 0 aliphatic carbocycles. The Morgan fingerprint density at radius 1 is 1.11 bits per heavy atom. The fourth-order valence-electron chi connectivity index (χ4n) is 4.44. The number of rotatable bonds is 8. The largest absolute Gasteiger partial charge is 0.495 e. The highest BCUT2D eigenvalue weighted by Crippen LogP contribution is 2.34. The van der Waals surface area contributed by atoms with Crippen LogP contribution in [-0.4, -0.2) is 28.0 Å². The van der Waals surface area contributed by atoms with Gasteiger partial charge in [0.05, 0.1) is 7.11 Å². The van der Waals surface area contributed by atoms with Gasteiger partial charge in [0.25, 0.3) is 15.9 Å². The molecule has 0 spiro atoms. The van der Waals surface area contributed by atoms with Crippen molar-refractivity contribution in [3.63, 3.8) is 0 Å². The predicted octanol–water partition coefficient (Wildman–Crippen LogP) is 6.39. The van der Waals surface area contributed by atoms with E-state index in [1.165, 1.54) is 18.7 Å². The second-order valence-corrected chi connectivity index (χ2v) is 11.1. The number of hydrogen-bond acceptors (Lipinski definition) is 4. The highest BCUT2D eigenvalue weighted by Gasteiger charge is 2.26. The van der Waals surface area contributed by atoms with Gasteiger partial charge < -0.3 is 9.64 Å². The van der Waals surface area contributed by atoms with E-state index in [-0.39, 0.29) is 16.6 Å². The van der Waals surface area contributed by atoms with Crippen LogP contribution in [0.25, 0.3) is 0 Å². The lowest BCUT2D eigenvalue weighted by Gasteiger charge is -2.30. The number of carbonyl (C=O) groups excluding carboxylic acids is 1. The maximum atomic E-state index is 13.3. The smallest absolute Gasteiger partial charge is 0.265 e. The molecule has 0 aromatic heterocycles. The molecule has 0 unspecified atom stereocenters. The van der Waals surface area contributed by atoms with Crippen LogP contribution in [0.2, 0.25) is 5.02 Å². The molecule has 36 heavy (non-hydrogen) atoms. The van der Waals surface area contributed by atoms with Crippen molar-refractivity contribution in [2.75, 3.05) is 23.3 Å². The van der Waals surface area contributed by atoms with E-state index in [4.69, 9.17) is 16.3 Å². The summed E-state index contributed by atoms with van der Waals surface area (Å²) in [6, 6.07) is 16.1. The summed E-state index contributed by atoms with van der Waals surface area (Å²) in [6.07, 6.45) is 4.82. The molecule has 1 N–H and O–H groups in total. The number of unbranched alkanes of at least 4 members (excludes halogenated alkanes) is 1. The lowest BCUT2D eigenvalue weighted by molar-refractivity contribution is 0.0985. The summed E-state index contributed by atoms with van der Waals surface area (Å²) >= 11 is 6.19. The van der Waals surface area contributed by atoms with Crippen LogP contribution in [0.15, 0.2) is 59.5 Å². The van der Waals surface area contributed by atoms with Crippen molar-refractivity contribution >= 4 is 38.9 Å². The minimum Gasteiger partial charge on any atom is -0.495 e. The van der Waals surface area contributed by atoms with Gasteiger partial charge in [-0.3, -0.25) is 9.52 Å². The number of anilines is 2. The van der Waals surface area contributed by atoms with Gasteiger partial charge in [0.15, 0.2) is 0 Å². The molecular formula is C28H31ClN2O4S. The Hall–Kier alpha value is -3.03. The average Bonchev–Trinajstić information content (AvgIpc) is 2.87. The van der Waals surface area contributed by atoms with E-state index in [1.807, 2.05) is 24.3 Å². The van der Waals surface area contributed by atoms with Crippen molar-refractivity contribution in [1.82, 2.24) is 0 Å². The molecule has 0 fully saturated rings. The van der Waals surface area contributed by atoms with E-state index >= 15 is 0 Å². The van der Waals surface area contributed by atoms with Gasteiger partial charge in [0.2, 0.25) is 0 Å².